The fraction of sp³-hybridized carbons (Fsp3) is 0. The standard InChI is InChI=1S/C16H10N2O2/c19-16(20)11-8-10-3-6-14-13(15(10)17-9-11)5-4-12-2-1-7-18(12)14/h1-9H,(H,19,20). The smallest absolute Gasteiger partial charge is 0.337 e. The van der Waals surface area contributed by atoms with Crippen molar-refractivity contribution >= 4 is 33.3 Å². The number of hydrogen-bond acceptors (Lipinski definition) is 2. The summed E-state index contributed by atoms with van der Waals surface area (Å²) in [5.74, 6) is -0.958. The molecule has 96 valence electrons. The van der Waals surface area contributed by atoms with Crippen molar-refractivity contribution in [2.45, 2.75) is 0 Å². The molecule has 0 saturated heterocycles. The van der Waals surface area contributed by atoms with E-state index in [0.29, 0.717) is 0 Å². The van der Waals surface area contributed by atoms with Crippen molar-refractivity contribution in [1.29, 1.82) is 0 Å². The van der Waals surface area contributed by atoms with Crippen LogP contribution in [0.25, 0.3) is 27.3 Å². The van der Waals surface area contributed by atoms with Crippen molar-refractivity contribution in [3.8, 4) is 0 Å². The van der Waals surface area contributed by atoms with Crippen LogP contribution in [0.4, 0.5) is 0 Å². The highest BCUT2D eigenvalue weighted by Crippen LogP contribution is 2.25. The molecule has 0 atom stereocenters. The summed E-state index contributed by atoms with van der Waals surface area (Å²) in [6.45, 7) is 0. The molecular formula is C16H10N2O2. The van der Waals surface area contributed by atoms with E-state index in [4.69, 9.17) is 5.11 Å². The third-order valence-electron chi connectivity index (χ3n) is 3.58. The summed E-state index contributed by atoms with van der Waals surface area (Å²) in [6.07, 6.45) is 3.42. The third kappa shape index (κ3) is 1.42. The number of aromatic carboxylic acids is 1. The first-order valence-corrected chi connectivity index (χ1v) is 6.26. The van der Waals surface area contributed by atoms with E-state index in [0.717, 1.165) is 27.3 Å². The van der Waals surface area contributed by atoms with Crippen molar-refractivity contribution in [1.82, 2.24) is 9.38 Å². The molecule has 1 N–H and O–H groups in total. The Kier molecular flexibility index (Phi) is 2.09. The molecule has 3 aromatic heterocycles. The van der Waals surface area contributed by atoms with Crippen LogP contribution in [-0.2, 0) is 0 Å². The summed E-state index contributed by atoms with van der Waals surface area (Å²) in [6, 6.07) is 13.7. The number of carboxylic acids is 1. The van der Waals surface area contributed by atoms with Gasteiger partial charge in [-0.05, 0) is 36.4 Å². The highest BCUT2D eigenvalue weighted by Gasteiger charge is 2.08. The average Bonchev–Trinajstić information content (AvgIpc) is 2.94. The second kappa shape index (κ2) is 3.81. The molecule has 1 aromatic carbocycles. The van der Waals surface area contributed by atoms with Crippen LogP contribution in [0.1, 0.15) is 10.4 Å². The lowest BCUT2D eigenvalue weighted by Crippen LogP contribution is -1.97. The Hall–Kier alpha value is -2.88. The second-order valence-corrected chi connectivity index (χ2v) is 4.74. The Morgan fingerprint density at radius 2 is 2.05 bits per heavy atom. The summed E-state index contributed by atoms with van der Waals surface area (Å²) < 4.78 is 2.10. The van der Waals surface area contributed by atoms with Crippen molar-refractivity contribution < 1.29 is 9.90 Å². The zero-order valence-electron chi connectivity index (χ0n) is 10.4. The quantitative estimate of drug-likeness (QED) is 0.535. The van der Waals surface area contributed by atoms with Gasteiger partial charge >= 0.3 is 5.97 Å². The van der Waals surface area contributed by atoms with Crippen LogP contribution in [0.15, 0.2) is 54.9 Å². The normalized spacial score (nSPS) is 11.4. The maximum atomic E-state index is 11.0. The molecule has 4 aromatic rings. The molecule has 0 aliphatic heterocycles. The maximum Gasteiger partial charge on any atom is 0.337 e. The number of hydrogen-bond donors (Lipinski definition) is 1. The fourth-order valence-corrected chi connectivity index (χ4v) is 2.62. The molecule has 0 saturated carbocycles. The van der Waals surface area contributed by atoms with E-state index < -0.39 is 5.97 Å². The molecule has 0 unspecified atom stereocenters. The maximum absolute atomic E-state index is 11.0. The van der Waals surface area contributed by atoms with Gasteiger partial charge in [-0.2, -0.15) is 0 Å². The van der Waals surface area contributed by atoms with Gasteiger partial charge in [-0.3, -0.25) is 4.98 Å². The van der Waals surface area contributed by atoms with Gasteiger partial charge in [0.05, 0.1) is 16.6 Å². The molecule has 0 aliphatic rings. The minimum atomic E-state index is -0.958. The molecule has 20 heavy (non-hydrogen) atoms. The van der Waals surface area contributed by atoms with Crippen LogP contribution in [0.2, 0.25) is 0 Å². The van der Waals surface area contributed by atoms with Gasteiger partial charge in [0.25, 0.3) is 0 Å². The van der Waals surface area contributed by atoms with Crippen LogP contribution >= 0.6 is 0 Å². The van der Waals surface area contributed by atoms with E-state index in [9.17, 15) is 4.79 Å². The number of carbonyl (C=O) groups is 1. The van der Waals surface area contributed by atoms with Crippen molar-refractivity contribution in [2.75, 3.05) is 0 Å². The Bertz CT molecular complexity index is 986. The lowest BCUT2D eigenvalue weighted by atomic mass is 10.1. The molecule has 0 spiro atoms. The molecule has 0 fully saturated rings. The van der Waals surface area contributed by atoms with Crippen LogP contribution in [-0.4, -0.2) is 20.5 Å². The Morgan fingerprint density at radius 1 is 1.15 bits per heavy atom. The predicted molar refractivity (Wildman–Crippen MR) is 77.2 cm³/mol. The molecule has 4 nitrogen and oxygen atoms in total. The van der Waals surface area contributed by atoms with Crippen LogP contribution in [0.5, 0.6) is 0 Å². The first kappa shape index (κ1) is 11.0. The van der Waals surface area contributed by atoms with Gasteiger partial charge < -0.3 is 9.51 Å². The highest BCUT2D eigenvalue weighted by atomic mass is 16.4. The summed E-state index contributed by atoms with van der Waals surface area (Å²) >= 11 is 0. The Labute approximate surface area is 113 Å². The molecule has 0 amide bonds. The van der Waals surface area contributed by atoms with Crippen LogP contribution in [0, 0.1) is 0 Å². The molecule has 4 rings (SSSR count). The SMILES string of the molecule is O=C(O)c1cnc2c(ccc3c2ccc2cccn23)c1. The minimum Gasteiger partial charge on any atom is -0.478 e. The van der Waals surface area contributed by atoms with E-state index >= 15 is 0 Å². The van der Waals surface area contributed by atoms with Gasteiger partial charge in [0.15, 0.2) is 0 Å². The monoisotopic (exact) mass is 262 g/mol. The van der Waals surface area contributed by atoms with Gasteiger partial charge in [-0.1, -0.05) is 6.07 Å². The summed E-state index contributed by atoms with van der Waals surface area (Å²) in [5.41, 5.74) is 3.22. The first-order chi connectivity index (χ1) is 9.74. The lowest BCUT2D eigenvalue weighted by molar-refractivity contribution is 0.0696. The average molecular weight is 262 g/mol. The van der Waals surface area contributed by atoms with E-state index in [1.807, 2.05) is 42.6 Å². The van der Waals surface area contributed by atoms with Gasteiger partial charge in [-0.15, -0.1) is 0 Å². The number of nitrogens with zero attached hydrogens (tertiary/aromatic N) is 2. The minimum absolute atomic E-state index is 0.207. The molecule has 0 aliphatic carbocycles. The zero-order chi connectivity index (χ0) is 13.7. The molecular weight excluding hydrogens is 252 g/mol. The van der Waals surface area contributed by atoms with E-state index in [-0.39, 0.29) is 5.56 Å². The predicted octanol–water partition coefficient (Wildman–Crippen LogP) is 3.34. The van der Waals surface area contributed by atoms with Crippen molar-refractivity contribution in [3.63, 3.8) is 0 Å². The number of carboxylic acid groups (broad SMARTS) is 1. The summed E-state index contributed by atoms with van der Waals surface area (Å²) in [7, 11) is 0. The van der Waals surface area contributed by atoms with Gasteiger partial charge in [0.2, 0.25) is 0 Å². The summed E-state index contributed by atoms with van der Waals surface area (Å²) in [5, 5.41) is 10.9. The van der Waals surface area contributed by atoms with E-state index in [1.165, 1.54) is 6.20 Å². The van der Waals surface area contributed by atoms with E-state index in [2.05, 4.69) is 9.38 Å². The second-order valence-electron chi connectivity index (χ2n) is 4.74. The summed E-state index contributed by atoms with van der Waals surface area (Å²) in [4.78, 5) is 15.3. The Balaban J connectivity index is 2.15. The van der Waals surface area contributed by atoms with Gasteiger partial charge in [-0.25, -0.2) is 4.79 Å². The largest absolute Gasteiger partial charge is 0.478 e. The van der Waals surface area contributed by atoms with E-state index in [1.54, 1.807) is 6.07 Å². The van der Waals surface area contributed by atoms with Crippen LogP contribution < -0.4 is 0 Å². The molecule has 0 bridgehead atoms. The number of rotatable bonds is 1. The molecule has 3 heterocycles. The van der Waals surface area contributed by atoms with Gasteiger partial charge in [0.1, 0.15) is 0 Å². The highest BCUT2D eigenvalue weighted by molar-refractivity contribution is 6.06. The number of aromatic nitrogens is 2. The Morgan fingerprint density at radius 3 is 2.90 bits per heavy atom. The lowest BCUT2D eigenvalue weighted by Gasteiger charge is -2.06. The zero-order valence-corrected chi connectivity index (χ0v) is 10.4. The van der Waals surface area contributed by atoms with Crippen LogP contribution in [0.3, 0.4) is 0 Å². The fourth-order valence-electron chi connectivity index (χ4n) is 2.62. The van der Waals surface area contributed by atoms with Crippen molar-refractivity contribution in [3.05, 3.63) is 60.4 Å². The molecule has 4 heteroatoms. The third-order valence-corrected chi connectivity index (χ3v) is 3.58. The number of fused-ring (bicyclic) bond motifs is 5. The first-order valence-electron chi connectivity index (χ1n) is 6.26. The molecule has 0 radical (unpaired) electrons. The van der Waals surface area contributed by atoms with Gasteiger partial charge in [0, 0.05) is 28.7 Å². The number of benzene rings is 1. The topological polar surface area (TPSA) is 54.6 Å². The number of pyridine rings is 2. The van der Waals surface area contributed by atoms with Crippen molar-refractivity contribution in [2.24, 2.45) is 0 Å².